The number of halogens is 1. The summed E-state index contributed by atoms with van der Waals surface area (Å²) in [7, 11) is 1.71. The van der Waals surface area contributed by atoms with Gasteiger partial charge in [0.2, 0.25) is 0 Å². The van der Waals surface area contributed by atoms with E-state index in [2.05, 4.69) is 52.9 Å². The van der Waals surface area contributed by atoms with Crippen molar-refractivity contribution in [2.24, 2.45) is 10.9 Å². The van der Waals surface area contributed by atoms with Gasteiger partial charge >= 0.3 is 0 Å². The van der Waals surface area contributed by atoms with Crippen LogP contribution in [0.25, 0.3) is 0 Å². The Bertz CT molecular complexity index is 643. The lowest BCUT2D eigenvalue weighted by molar-refractivity contribution is 0.143. The van der Waals surface area contributed by atoms with Crippen LogP contribution < -0.4 is 15.0 Å². The fourth-order valence-corrected chi connectivity index (χ4v) is 4.33. The van der Waals surface area contributed by atoms with Gasteiger partial charge in [-0.15, -0.1) is 24.0 Å². The van der Waals surface area contributed by atoms with Crippen LogP contribution in [0.5, 0.6) is 5.75 Å². The lowest BCUT2D eigenvalue weighted by atomic mass is 9.97. The van der Waals surface area contributed by atoms with E-state index < -0.39 is 0 Å². The molecule has 0 aromatic heterocycles. The third-order valence-corrected chi connectivity index (χ3v) is 6.13. The number of hydrogen-bond donors (Lipinski definition) is 1. The smallest absolute Gasteiger partial charge is 0.194 e. The molecule has 7 heteroatoms. The molecular weight excluding hydrogens is 489 g/mol. The topological polar surface area (TPSA) is 43.3 Å². The standard InChI is InChI=1S/C23H39N5O.HI/c1-5-24-23(25-17-20-7-6-12-28(18-20)19(2)3)27-15-13-26(14-16-27)21-8-10-22(29-4)11-9-21;/h8-11,19-20H,5-7,12-18H2,1-4H3,(H,24,25);1H. The molecule has 0 amide bonds. The number of aliphatic imine (C=N–C) groups is 1. The molecule has 30 heavy (non-hydrogen) atoms. The van der Waals surface area contributed by atoms with E-state index in [-0.39, 0.29) is 24.0 Å². The van der Waals surface area contributed by atoms with Gasteiger partial charge in [-0.1, -0.05) is 0 Å². The summed E-state index contributed by atoms with van der Waals surface area (Å²) < 4.78 is 5.27. The number of methoxy groups -OCH3 is 1. The second kappa shape index (κ2) is 12.6. The number of guanidine groups is 1. The second-order valence-corrected chi connectivity index (χ2v) is 8.46. The highest BCUT2D eigenvalue weighted by Crippen LogP contribution is 2.21. The van der Waals surface area contributed by atoms with E-state index in [0.29, 0.717) is 12.0 Å². The average molecular weight is 530 g/mol. The molecule has 0 bridgehead atoms. The monoisotopic (exact) mass is 529 g/mol. The van der Waals surface area contributed by atoms with Gasteiger partial charge in [-0.2, -0.15) is 0 Å². The third kappa shape index (κ3) is 6.90. The van der Waals surface area contributed by atoms with Crippen molar-refractivity contribution in [2.45, 2.75) is 39.7 Å². The second-order valence-electron chi connectivity index (χ2n) is 8.46. The Morgan fingerprint density at radius 2 is 1.83 bits per heavy atom. The largest absolute Gasteiger partial charge is 0.497 e. The summed E-state index contributed by atoms with van der Waals surface area (Å²) in [5, 5.41) is 3.52. The Balaban J connectivity index is 0.00000320. The molecule has 2 aliphatic rings. The number of nitrogens with zero attached hydrogens (tertiary/aromatic N) is 4. The first-order valence-corrected chi connectivity index (χ1v) is 11.3. The van der Waals surface area contributed by atoms with E-state index in [4.69, 9.17) is 9.73 Å². The molecule has 1 aromatic rings. The first-order valence-electron chi connectivity index (χ1n) is 11.3. The molecule has 0 spiro atoms. The quantitative estimate of drug-likeness (QED) is 0.347. The van der Waals surface area contributed by atoms with Crippen molar-refractivity contribution in [1.29, 1.82) is 0 Å². The van der Waals surface area contributed by atoms with E-state index in [1.165, 1.54) is 31.6 Å². The van der Waals surface area contributed by atoms with Crippen LogP contribution in [-0.2, 0) is 0 Å². The van der Waals surface area contributed by atoms with Crippen molar-refractivity contribution < 1.29 is 4.74 Å². The van der Waals surface area contributed by atoms with Gasteiger partial charge < -0.3 is 24.8 Å². The number of piperazine rings is 1. The van der Waals surface area contributed by atoms with Crippen molar-refractivity contribution >= 4 is 35.6 Å². The molecule has 1 unspecified atom stereocenters. The minimum atomic E-state index is 0. The Labute approximate surface area is 200 Å². The zero-order valence-electron chi connectivity index (χ0n) is 19.1. The number of nitrogens with one attached hydrogen (secondary N) is 1. The van der Waals surface area contributed by atoms with E-state index >= 15 is 0 Å². The van der Waals surface area contributed by atoms with Gasteiger partial charge in [0.05, 0.1) is 7.11 Å². The summed E-state index contributed by atoms with van der Waals surface area (Å²) in [5.74, 6) is 2.68. The highest BCUT2D eigenvalue weighted by molar-refractivity contribution is 14.0. The van der Waals surface area contributed by atoms with Gasteiger partial charge in [-0.05, 0) is 70.3 Å². The number of benzene rings is 1. The Morgan fingerprint density at radius 3 is 2.43 bits per heavy atom. The van der Waals surface area contributed by atoms with Crippen LogP contribution in [0.3, 0.4) is 0 Å². The maximum absolute atomic E-state index is 5.27. The number of likely N-dealkylation sites (tertiary alicyclic amines) is 1. The Kier molecular flexibility index (Phi) is 10.5. The maximum Gasteiger partial charge on any atom is 0.194 e. The van der Waals surface area contributed by atoms with Crippen LogP contribution >= 0.6 is 24.0 Å². The SMILES string of the molecule is CCNC(=NCC1CCCN(C(C)C)C1)N1CCN(c2ccc(OC)cc2)CC1.I. The summed E-state index contributed by atoms with van der Waals surface area (Å²) in [6.07, 6.45) is 2.60. The number of anilines is 1. The summed E-state index contributed by atoms with van der Waals surface area (Å²) >= 11 is 0. The van der Waals surface area contributed by atoms with Crippen LogP contribution in [0.1, 0.15) is 33.6 Å². The fourth-order valence-electron chi connectivity index (χ4n) is 4.33. The molecule has 2 saturated heterocycles. The van der Waals surface area contributed by atoms with Gasteiger partial charge in [-0.25, -0.2) is 0 Å². The molecule has 2 aliphatic heterocycles. The minimum absolute atomic E-state index is 0. The summed E-state index contributed by atoms with van der Waals surface area (Å²) in [6, 6.07) is 9.02. The van der Waals surface area contributed by atoms with E-state index in [0.717, 1.165) is 51.0 Å². The van der Waals surface area contributed by atoms with Gasteiger partial charge in [-0.3, -0.25) is 4.99 Å². The molecule has 0 radical (unpaired) electrons. The first kappa shape index (κ1) is 25.0. The molecule has 1 atom stereocenters. The van der Waals surface area contributed by atoms with Crippen LogP contribution in [0, 0.1) is 5.92 Å². The zero-order chi connectivity index (χ0) is 20.6. The van der Waals surface area contributed by atoms with E-state index in [1.807, 2.05) is 12.1 Å². The predicted octanol–water partition coefficient (Wildman–Crippen LogP) is 3.52. The lowest BCUT2D eigenvalue weighted by Crippen LogP contribution is -2.52. The van der Waals surface area contributed by atoms with Crippen LogP contribution in [0.4, 0.5) is 5.69 Å². The van der Waals surface area contributed by atoms with Gasteiger partial charge in [0.15, 0.2) is 5.96 Å². The van der Waals surface area contributed by atoms with Crippen molar-refractivity contribution in [3.05, 3.63) is 24.3 Å². The number of rotatable bonds is 6. The van der Waals surface area contributed by atoms with E-state index in [1.54, 1.807) is 7.11 Å². The van der Waals surface area contributed by atoms with Gasteiger partial charge in [0, 0.05) is 57.5 Å². The van der Waals surface area contributed by atoms with Crippen molar-refractivity contribution in [3.63, 3.8) is 0 Å². The maximum atomic E-state index is 5.27. The van der Waals surface area contributed by atoms with Crippen molar-refractivity contribution in [2.75, 3.05) is 64.4 Å². The first-order chi connectivity index (χ1) is 14.1. The summed E-state index contributed by atoms with van der Waals surface area (Å²) in [4.78, 5) is 12.5. The minimum Gasteiger partial charge on any atom is -0.497 e. The molecule has 6 nitrogen and oxygen atoms in total. The van der Waals surface area contributed by atoms with Crippen LogP contribution in [0.2, 0.25) is 0 Å². The number of piperidine rings is 1. The van der Waals surface area contributed by atoms with Gasteiger partial charge in [0.1, 0.15) is 5.75 Å². The van der Waals surface area contributed by atoms with Crippen molar-refractivity contribution in [3.8, 4) is 5.75 Å². The van der Waals surface area contributed by atoms with E-state index in [9.17, 15) is 0 Å². The molecule has 2 fully saturated rings. The average Bonchev–Trinajstić information content (AvgIpc) is 2.77. The summed E-state index contributed by atoms with van der Waals surface area (Å²) in [6.45, 7) is 15.1. The number of hydrogen-bond acceptors (Lipinski definition) is 4. The summed E-state index contributed by atoms with van der Waals surface area (Å²) in [5.41, 5.74) is 1.27. The molecule has 1 aromatic carbocycles. The molecule has 3 rings (SSSR count). The predicted molar refractivity (Wildman–Crippen MR) is 138 cm³/mol. The fraction of sp³-hybridized carbons (Fsp3) is 0.696. The van der Waals surface area contributed by atoms with Crippen LogP contribution in [-0.4, -0.2) is 81.3 Å². The van der Waals surface area contributed by atoms with Crippen molar-refractivity contribution in [1.82, 2.24) is 15.1 Å². The normalized spacial score (nSPS) is 20.8. The Morgan fingerprint density at radius 1 is 1.13 bits per heavy atom. The zero-order valence-corrected chi connectivity index (χ0v) is 21.5. The molecular formula is C23H40IN5O. The Hall–Kier alpha value is -1.22. The van der Waals surface area contributed by atoms with Crippen LogP contribution in [0.15, 0.2) is 29.3 Å². The van der Waals surface area contributed by atoms with Gasteiger partial charge in [0.25, 0.3) is 0 Å². The third-order valence-electron chi connectivity index (χ3n) is 6.13. The molecule has 1 N–H and O–H groups in total. The number of ether oxygens (including phenoxy) is 1. The highest BCUT2D eigenvalue weighted by atomic mass is 127. The molecule has 170 valence electrons. The lowest BCUT2D eigenvalue weighted by Gasteiger charge is -2.38. The molecule has 2 heterocycles. The molecule has 0 aliphatic carbocycles. The highest BCUT2D eigenvalue weighted by Gasteiger charge is 2.23. The molecule has 0 saturated carbocycles.